The molecule has 2 N–H and O–H groups in total. The van der Waals surface area contributed by atoms with Gasteiger partial charge in [0.25, 0.3) is 0 Å². The highest BCUT2D eigenvalue weighted by atomic mass is 16.5. The molecule has 5 unspecified atom stereocenters. The number of aliphatic hydroxyl groups is 2. The van der Waals surface area contributed by atoms with Gasteiger partial charge < -0.3 is 14.9 Å². The van der Waals surface area contributed by atoms with Crippen LogP contribution in [-0.2, 0) is 9.53 Å². The van der Waals surface area contributed by atoms with Crippen molar-refractivity contribution < 1.29 is 19.7 Å². The zero-order chi connectivity index (χ0) is 15.3. The highest BCUT2D eigenvalue weighted by molar-refractivity contribution is 5.71. The first-order valence-corrected chi connectivity index (χ1v) is 8.33. The van der Waals surface area contributed by atoms with Crippen molar-refractivity contribution in [1.29, 1.82) is 0 Å². The highest BCUT2D eigenvalue weighted by Crippen LogP contribution is 2.66. The molecule has 4 bridgehead atoms. The summed E-state index contributed by atoms with van der Waals surface area (Å²) in [6.45, 7) is 4.44. The average molecular weight is 296 g/mol. The number of rotatable bonds is 5. The normalized spacial score (nSPS) is 45.6. The number of carbonyl (C=O) groups excluding carboxylic acids is 1. The summed E-state index contributed by atoms with van der Waals surface area (Å²) in [6.07, 6.45) is 6.04. The van der Waals surface area contributed by atoms with Crippen molar-refractivity contribution >= 4 is 5.97 Å². The second-order valence-electron chi connectivity index (χ2n) is 8.31. The molecule has 0 radical (unpaired) electrons. The van der Waals surface area contributed by atoms with Gasteiger partial charge in [0.1, 0.15) is 0 Å². The lowest BCUT2D eigenvalue weighted by Crippen LogP contribution is -2.62. The van der Waals surface area contributed by atoms with Gasteiger partial charge in [-0.25, -0.2) is 0 Å². The largest absolute Gasteiger partial charge is 0.465 e. The van der Waals surface area contributed by atoms with Gasteiger partial charge in [0, 0.05) is 12.0 Å². The minimum absolute atomic E-state index is 0.0613. The molecule has 120 valence electrons. The molecule has 0 aromatic carbocycles. The SMILES string of the molecule is CCC(C)C(=O)OCC12CC3CC(O)(CC(CO)(C3)C1)C2. The lowest BCUT2D eigenvalue weighted by molar-refractivity contribution is -0.223. The van der Waals surface area contributed by atoms with Crippen LogP contribution in [0.5, 0.6) is 0 Å². The van der Waals surface area contributed by atoms with E-state index in [2.05, 4.69) is 0 Å². The molecule has 0 aromatic rings. The molecule has 4 rings (SSSR count). The average Bonchev–Trinajstić information content (AvgIpc) is 2.41. The standard InChI is InChI=1S/C17H28O4/c1-3-12(2)14(19)21-11-16-5-13-4-15(7-16,10-18)8-17(20,6-13)9-16/h12-13,18,20H,3-11H2,1-2H3. The molecule has 21 heavy (non-hydrogen) atoms. The minimum Gasteiger partial charge on any atom is -0.465 e. The predicted molar refractivity (Wildman–Crippen MR) is 78.5 cm³/mol. The molecule has 0 aliphatic heterocycles. The first kappa shape index (κ1) is 15.3. The molecule has 4 fully saturated rings. The lowest BCUT2D eigenvalue weighted by Gasteiger charge is -2.64. The fourth-order valence-electron chi connectivity index (χ4n) is 5.66. The molecule has 4 aliphatic carbocycles. The molecule has 4 saturated carbocycles. The van der Waals surface area contributed by atoms with Crippen LogP contribution < -0.4 is 0 Å². The molecule has 4 nitrogen and oxygen atoms in total. The van der Waals surface area contributed by atoms with Crippen LogP contribution >= 0.6 is 0 Å². The van der Waals surface area contributed by atoms with Crippen LogP contribution in [0.3, 0.4) is 0 Å². The van der Waals surface area contributed by atoms with E-state index in [9.17, 15) is 15.0 Å². The number of hydrogen-bond acceptors (Lipinski definition) is 4. The summed E-state index contributed by atoms with van der Waals surface area (Å²) in [4.78, 5) is 12.0. The number of aliphatic hydroxyl groups excluding tert-OH is 1. The van der Waals surface area contributed by atoms with E-state index in [1.807, 2.05) is 13.8 Å². The molecule has 0 amide bonds. The zero-order valence-electron chi connectivity index (χ0n) is 13.2. The maximum absolute atomic E-state index is 12.0. The van der Waals surface area contributed by atoms with Crippen molar-refractivity contribution in [1.82, 2.24) is 0 Å². The summed E-state index contributed by atoms with van der Waals surface area (Å²) >= 11 is 0. The Labute approximate surface area is 126 Å². The second kappa shape index (κ2) is 4.95. The second-order valence-corrected chi connectivity index (χ2v) is 8.31. The van der Waals surface area contributed by atoms with E-state index in [0.717, 1.165) is 38.5 Å². The molecule has 4 aliphatic rings. The van der Waals surface area contributed by atoms with Gasteiger partial charge in [-0.3, -0.25) is 4.79 Å². The first-order chi connectivity index (χ1) is 9.83. The molecule has 0 aromatic heterocycles. The lowest BCUT2D eigenvalue weighted by atomic mass is 9.43. The Morgan fingerprint density at radius 3 is 2.52 bits per heavy atom. The zero-order valence-corrected chi connectivity index (χ0v) is 13.2. The molecule has 5 atom stereocenters. The van der Waals surface area contributed by atoms with Crippen molar-refractivity contribution in [2.75, 3.05) is 13.2 Å². The van der Waals surface area contributed by atoms with E-state index in [4.69, 9.17) is 4.74 Å². The molecule has 4 heteroatoms. The van der Waals surface area contributed by atoms with E-state index in [-0.39, 0.29) is 29.3 Å². The van der Waals surface area contributed by atoms with Gasteiger partial charge in [0.15, 0.2) is 0 Å². The quantitative estimate of drug-likeness (QED) is 0.764. The van der Waals surface area contributed by atoms with Gasteiger partial charge in [-0.05, 0) is 56.3 Å². The smallest absolute Gasteiger partial charge is 0.308 e. The van der Waals surface area contributed by atoms with E-state index in [0.29, 0.717) is 18.9 Å². The van der Waals surface area contributed by atoms with Gasteiger partial charge in [-0.15, -0.1) is 0 Å². The Balaban J connectivity index is 1.74. The Hall–Kier alpha value is -0.610. The van der Waals surface area contributed by atoms with Crippen LogP contribution in [-0.4, -0.2) is 35.0 Å². The Morgan fingerprint density at radius 1 is 1.24 bits per heavy atom. The summed E-state index contributed by atoms with van der Waals surface area (Å²) in [5.74, 6) is 0.285. The summed E-state index contributed by atoms with van der Waals surface area (Å²) in [6, 6.07) is 0. The number of carbonyl (C=O) groups is 1. The van der Waals surface area contributed by atoms with Gasteiger partial charge in [0.2, 0.25) is 0 Å². The summed E-state index contributed by atoms with van der Waals surface area (Å²) in [7, 11) is 0. The van der Waals surface area contributed by atoms with Gasteiger partial charge in [-0.1, -0.05) is 13.8 Å². The monoisotopic (exact) mass is 296 g/mol. The number of hydrogen-bond donors (Lipinski definition) is 2. The third-order valence-electron chi connectivity index (χ3n) is 6.14. The van der Waals surface area contributed by atoms with Crippen molar-refractivity contribution in [3.8, 4) is 0 Å². The van der Waals surface area contributed by atoms with Gasteiger partial charge >= 0.3 is 5.97 Å². The minimum atomic E-state index is -0.648. The van der Waals surface area contributed by atoms with Crippen LogP contribution in [0.25, 0.3) is 0 Å². The van der Waals surface area contributed by atoms with Crippen LogP contribution in [0.1, 0.15) is 58.8 Å². The third kappa shape index (κ3) is 2.61. The topological polar surface area (TPSA) is 66.8 Å². The van der Waals surface area contributed by atoms with Crippen molar-refractivity contribution in [2.45, 2.75) is 64.4 Å². The number of esters is 1. The molecular formula is C17H28O4. The first-order valence-electron chi connectivity index (χ1n) is 8.33. The van der Waals surface area contributed by atoms with E-state index in [1.165, 1.54) is 0 Å². The molecule has 0 heterocycles. The molecule has 0 saturated heterocycles. The van der Waals surface area contributed by atoms with Gasteiger partial charge in [0.05, 0.1) is 18.1 Å². The summed E-state index contributed by atoms with van der Waals surface area (Å²) in [5.41, 5.74) is -0.901. The van der Waals surface area contributed by atoms with Crippen LogP contribution in [0.4, 0.5) is 0 Å². The fraction of sp³-hybridized carbons (Fsp3) is 0.941. The van der Waals surface area contributed by atoms with Gasteiger partial charge in [-0.2, -0.15) is 0 Å². The Kier molecular flexibility index (Phi) is 3.61. The maximum Gasteiger partial charge on any atom is 0.308 e. The van der Waals surface area contributed by atoms with Crippen LogP contribution in [0.2, 0.25) is 0 Å². The Morgan fingerprint density at radius 2 is 1.90 bits per heavy atom. The highest BCUT2D eigenvalue weighted by Gasteiger charge is 2.63. The predicted octanol–water partition coefficient (Wildman–Crippen LogP) is 2.27. The van der Waals surface area contributed by atoms with E-state index >= 15 is 0 Å². The van der Waals surface area contributed by atoms with Crippen molar-refractivity contribution in [3.63, 3.8) is 0 Å². The van der Waals surface area contributed by atoms with Crippen molar-refractivity contribution in [3.05, 3.63) is 0 Å². The summed E-state index contributed by atoms with van der Waals surface area (Å²) in [5, 5.41) is 20.7. The molecular weight excluding hydrogens is 268 g/mol. The van der Waals surface area contributed by atoms with E-state index < -0.39 is 5.60 Å². The number of ether oxygens (including phenoxy) is 1. The van der Waals surface area contributed by atoms with Crippen LogP contribution in [0.15, 0.2) is 0 Å². The van der Waals surface area contributed by atoms with E-state index in [1.54, 1.807) is 0 Å². The summed E-state index contributed by atoms with van der Waals surface area (Å²) < 4.78 is 5.58. The maximum atomic E-state index is 12.0. The molecule has 0 spiro atoms. The Bertz CT molecular complexity index is 437. The van der Waals surface area contributed by atoms with Crippen molar-refractivity contribution in [2.24, 2.45) is 22.7 Å². The fourth-order valence-corrected chi connectivity index (χ4v) is 5.66. The van der Waals surface area contributed by atoms with Crippen LogP contribution in [0, 0.1) is 22.7 Å². The third-order valence-corrected chi connectivity index (χ3v) is 6.14.